The van der Waals surface area contributed by atoms with Gasteiger partial charge in [-0.15, -0.1) is 5.10 Å². The Kier molecular flexibility index (Phi) is 7.19. The van der Waals surface area contributed by atoms with Crippen LogP contribution in [-0.2, 0) is 22.0 Å². The molecule has 33 heavy (non-hydrogen) atoms. The minimum atomic E-state index is -3.05. The number of phenolic OH excluding ortho intramolecular Hbond substituents is 1. The predicted molar refractivity (Wildman–Crippen MR) is 119 cm³/mol. The number of phenols is 1. The van der Waals surface area contributed by atoms with Gasteiger partial charge in [0, 0.05) is 31.2 Å². The fraction of sp³-hybridized carbons (Fsp3) is 0.318. The Labute approximate surface area is 193 Å². The largest absolute Gasteiger partial charge is 0.508 e. The van der Waals surface area contributed by atoms with Crippen molar-refractivity contribution in [1.82, 2.24) is 19.7 Å². The van der Waals surface area contributed by atoms with Crippen LogP contribution in [0.25, 0.3) is 17.1 Å². The summed E-state index contributed by atoms with van der Waals surface area (Å²) in [6.07, 6.45) is 0. The minimum Gasteiger partial charge on any atom is -0.508 e. The van der Waals surface area contributed by atoms with Crippen LogP contribution in [0.4, 0.5) is 8.78 Å². The SMILES string of the molecule is COCC(C)NC(=O)Cn1nc(-c2ccc(O)cc2Cl)n(-c2ccc(C(C)(F)F)cc2)c1=O. The van der Waals surface area contributed by atoms with Crippen molar-refractivity contribution < 1.29 is 23.4 Å². The van der Waals surface area contributed by atoms with Crippen LogP contribution < -0.4 is 11.0 Å². The van der Waals surface area contributed by atoms with E-state index in [2.05, 4.69) is 10.4 Å². The first-order valence-corrected chi connectivity index (χ1v) is 10.3. The van der Waals surface area contributed by atoms with Gasteiger partial charge in [0.1, 0.15) is 12.3 Å². The number of halogens is 3. The molecule has 0 aliphatic rings. The molecule has 1 atom stereocenters. The quantitative estimate of drug-likeness (QED) is 0.515. The van der Waals surface area contributed by atoms with Crippen molar-refractivity contribution in [1.29, 1.82) is 0 Å². The number of methoxy groups -OCH3 is 1. The number of aromatic hydroxyl groups is 1. The van der Waals surface area contributed by atoms with Crippen LogP contribution in [0.2, 0.25) is 5.02 Å². The number of nitrogens with one attached hydrogen (secondary N) is 1. The number of hydrogen-bond donors (Lipinski definition) is 2. The third kappa shape index (κ3) is 5.58. The van der Waals surface area contributed by atoms with Gasteiger partial charge in [-0.05, 0) is 37.3 Å². The average Bonchev–Trinajstić information content (AvgIpc) is 3.03. The third-order valence-electron chi connectivity index (χ3n) is 4.78. The normalized spacial score (nSPS) is 12.5. The molecular weight excluding hydrogens is 458 g/mol. The molecule has 0 aliphatic carbocycles. The van der Waals surface area contributed by atoms with Gasteiger partial charge in [-0.1, -0.05) is 23.7 Å². The summed E-state index contributed by atoms with van der Waals surface area (Å²) in [5.41, 5.74) is -0.322. The van der Waals surface area contributed by atoms with Gasteiger partial charge >= 0.3 is 5.69 Å². The van der Waals surface area contributed by atoms with Crippen LogP contribution in [0.15, 0.2) is 47.3 Å². The van der Waals surface area contributed by atoms with E-state index in [1.165, 1.54) is 54.1 Å². The van der Waals surface area contributed by atoms with Gasteiger partial charge in [-0.2, -0.15) is 0 Å². The number of aromatic nitrogens is 3. The van der Waals surface area contributed by atoms with E-state index in [1.54, 1.807) is 6.92 Å². The van der Waals surface area contributed by atoms with Crippen molar-refractivity contribution >= 4 is 17.5 Å². The number of alkyl halides is 2. The van der Waals surface area contributed by atoms with Crippen LogP contribution in [0.1, 0.15) is 19.4 Å². The van der Waals surface area contributed by atoms with Crippen LogP contribution in [0.3, 0.4) is 0 Å². The van der Waals surface area contributed by atoms with E-state index in [0.717, 1.165) is 11.6 Å². The molecule has 0 aliphatic heterocycles. The monoisotopic (exact) mass is 480 g/mol. The highest BCUT2D eigenvalue weighted by atomic mass is 35.5. The summed E-state index contributed by atoms with van der Waals surface area (Å²) in [5.74, 6) is -3.51. The third-order valence-corrected chi connectivity index (χ3v) is 5.10. The fourth-order valence-corrected chi connectivity index (χ4v) is 3.51. The molecule has 1 aromatic heterocycles. The molecule has 0 saturated carbocycles. The van der Waals surface area contributed by atoms with Crippen molar-refractivity contribution in [3.05, 3.63) is 63.5 Å². The van der Waals surface area contributed by atoms with Crippen molar-refractivity contribution in [3.8, 4) is 22.8 Å². The van der Waals surface area contributed by atoms with E-state index < -0.39 is 17.5 Å². The molecular formula is C22H23ClF2N4O4. The van der Waals surface area contributed by atoms with Crippen molar-refractivity contribution in [2.45, 2.75) is 32.4 Å². The molecule has 1 unspecified atom stereocenters. The van der Waals surface area contributed by atoms with Crippen molar-refractivity contribution in [2.75, 3.05) is 13.7 Å². The van der Waals surface area contributed by atoms with Gasteiger partial charge in [0.05, 0.1) is 17.3 Å². The van der Waals surface area contributed by atoms with Crippen LogP contribution in [-0.4, -0.2) is 45.1 Å². The first-order chi connectivity index (χ1) is 15.5. The first-order valence-electron chi connectivity index (χ1n) is 9.97. The number of carbonyl (C=O) groups excluding carboxylic acids is 1. The zero-order chi connectivity index (χ0) is 24.3. The van der Waals surface area contributed by atoms with Gasteiger partial charge < -0.3 is 15.2 Å². The first kappa shape index (κ1) is 24.4. The minimum absolute atomic E-state index is 0.0822. The number of amides is 1. The maximum Gasteiger partial charge on any atom is 0.351 e. The highest BCUT2D eigenvalue weighted by Gasteiger charge is 2.25. The summed E-state index contributed by atoms with van der Waals surface area (Å²) < 4.78 is 34.4. The van der Waals surface area contributed by atoms with Gasteiger partial charge in [-0.25, -0.2) is 22.8 Å². The molecule has 11 heteroatoms. The molecule has 0 fully saturated rings. The smallest absolute Gasteiger partial charge is 0.351 e. The number of nitrogens with zero attached hydrogens (tertiary/aromatic N) is 3. The maximum atomic E-state index is 13.6. The summed E-state index contributed by atoms with van der Waals surface area (Å²) in [7, 11) is 1.50. The second-order valence-electron chi connectivity index (χ2n) is 7.62. The summed E-state index contributed by atoms with van der Waals surface area (Å²) in [4.78, 5) is 25.6. The van der Waals surface area contributed by atoms with Crippen LogP contribution in [0.5, 0.6) is 5.75 Å². The highest BCUT2D eigenvalue weighted by Crippen LogP contribution is 2.31. The topological polar surface area (TPSA) is 98.4 Å². The Hall–Kier alpha value is -3.24. The van der Waals surface area contributed by atoms with E-state index in [9.17, 15) is 23.5 Å². The lowest BCUT2D eigenvalue weighted by atomic mass is 10.1. The molecule has 2 N–H and O–H groups in total. The fourth-order valence-electron chi connectivity index (χ4n) is 3.25. The predicted octanol–water partition coefficient (Wildman–Crippen LogP) is 3.32. The number of rotatable bonds is 8. The molecule has 2 aromatic carbocycles. The number of carbonyl (C=O) groups is 1. The number of hydrogen-bond acceptors (Lipinski definition) is 5. The van der Waals surface area contributed by atoms with Gasteiger partial charge in [-0.3, -0.25) is 4.79 Å². The van der Waals surface area contributed by atoms with E-state index in [1.807, 2.05) is 0 Å². The lowest BCUT2D eigenvalue weighted by Gasteiger charge is -2.12. The molecule has 0 spiro atoms. The molecule has 1 amide bonds. The molecule has 176 valence electrons. The van der Waals surface area contributed by atoms with E-state index in [-0.39, 0.29) is 47.0 Å². The lowest BCUT2D eigenvalue weighted by Crippen LogP contribution is -2.39. The Morgan fingerprint density at radius 3 is 2.52 bits per heavy atom. The molecule has 0 bridgehead atoms. The van der Waals surface area contributed by atoms with E-state index in [0.29, 0.717) is 5.56 Å². The number of benzene rings is 2. The Morgan fingerprint density at radius 2 is 1.94 bits per heavy atom. The average molecular weight is 481 g/mol. The molecule has 1 heterocycles. The molecule has 3 aromatic rings. The van der Waals surface area contributed by atoms with Crippen LogP contribution in [0, 0.1) is 0 Å². The van der Waals surface area contributed by atoms with E-state index >= 15 is 0 Å². The summed E-state index contributed by atoms with van der Waals surface area (Å²) in [6.45, 7) is 2.43. The standard InChI is InChI=1S/C22H23ClF2N4O4/c1-13(12-33-3)26-19(31)11-28-21(32)29(15-6-4-14(5-7-15)22(2,24)25)20(27-28)17-9-8-16(30)10-18(17)23/h4-10,13,30H,11-12H2,1-3H3,(H,26,31). The molecule has 8 nitrogen and oxygen atoms in total. The van der Waals surface area contributed by atoms with Crippen molar-refractivity contribution in [3.63, 3.8) is 0 Å². The second kappa shape index (κ2) is 9.72. The Balaban J connectivity index is 2.08. The Morgan fingerprint density at radius 1 is 1.27 bits per heavy atom. The summed E-state index contributed by atoms with van der Waals surface area (Å²) in [5, 5.41) is 16.7. The van der Waals surface area contributed by atoms with Crippen LogP contribution >= 0.6 is 11.6 Å². The summed E-state index contributed by atoms with van der Waals surface area (Å²) >= 11 is 6.26. The van der Waals surface area contributed by atoms with Gasteiger partial charge in [0.25, 0.3) is 5.92 Å². The van der Waals surface area contributed by atoms with E-state index in [4.69, 9.17) is 16.3 Å². The van der Waals surface area contributed by atoms with Gasteiger partial charge in [0.15, 0.2) is 5.82 Å². The molecule has 0 saturated heterocycles. The molecule has 3 rings (SSSR count). The Bertz CT molecular complexity index is 1200. The zero-order valence-electron chi connectivity index (χ0n) is 18.2. The second-order valence-corrected chi connectivity index (χ2v) is 8.03. The maximum absolute atomic E-state index is 13.6. The summed E-state index contributed by atoms with van der Waals surface area (Å²) in [6, 6.07) is 8.97. The number of ether oxygens (including phenoxy) is 1. The zero-order valence-corrected chi connectivity index (χ0v) is 18.9. The highest BCUT2D eigenvalue weighted by molar-refractivity contribution is 6.33. The molecule has 0 radical (unpaired) electrons. The van der Waals surface area contributed by atoms with Gasteiger partial charge in [0.2, 0.25) is 5.91 Å². The van der Waals surface area contributed by atoms with Crippen molar-refractivity contribution in [2.24, 2.45) is 0 Å². The lowest BCUT2D eigenvalue weighted by molar-refractivity contribution is -0.122.